The standard InChI is InChI=1S/C31H28N4O4/c1-4-39-31(38)25-19-24-27(32-26-12-8-9-14-34(26)30(24)37)35(15-13-22-10-6-5-7-11-22)28(25)33-29(36)23-17-20(2)16-21(3)18-23/h5-12,14,16-19H,4,13,15H2,1-3H3. The molecule has 0 aliphatic carbocycles. The fourth-order valence-electron chi connectivity index (χ4n) is 4.71. The molecular weight excluding hydrogens is 492 g/mol. The van der Waals surface area contributed by atoms with Crippen LogP contribution in [0.25, 0.3) is 16.7 Å². The number of nitrogens with zero attached hydrogens (tertiary/aromatic N) is 4. The molecule has 5 aromatic rings. The van der Waals surface area contributed by atoms with Gasteiger partial charge in [-0.25, -0.2) is 9.78 Å². The number of carbonyl (C=O) groups excluding carboxylic acids is 2. The first-order valence-corrected chi connectivity index (χ1v) is 12.8. The highest BCUT2D eigenvalue weighted by atomic mass is 16.5. The average Bonchev–Trinajstić information content (AvgIpc) is 2.92. The van der Waals surface area contributed by atoms with Crippen LogP contribution in [-0.2, 0) is 17.7 Å². The highest BCUT2D eigenvalue weighted by Gasteiger charge is 2.20. The Morgan fingerprint density at radius 1 is 0.949 bits per heavy atom. The molecule has 0 radical (unpaired) electrons. The molecule has 0 atom stereocenters. The molecule has 3 aromatic heterocycles. The number of pyridine rings is 2. The van der Waals surface area contributed by atoms with E-state index in [4.69, 9.17) is 9.72 Å². The number of carbonyl (C=O) groups is 2. The number of aryl methyl sites for hydroxylation is 4. The molecule has 1 amide bonds. The average molecular weight is 521 g/mol. The Morgan fingerprint density at radius 2 is 1.67 bits per heavy atom. The Hall–Kier alpha value is -4.85. The zero-order valence-corrected chi connectivity index (χ0v) is 22.0. The van der Waals surface area contributed by atoms with E-state index in [0.29, 0.717) is 29.8 Å². The summed E-state index contributed by atoms with van der Waals surface area (Å²) in [6.45, 7) is 5.96. The van der Waals surface area contributed by atoms with Gasteiger partial charge < -0.3 is 9.30 Å². The van der Waals surface area contributed by atoms with Gasteiger partial charge in [0.2, 0.25) is 0 Å². The van der Waals surface area contributed by atoms with Gasteiger partial charge in [0.05, 0.1) is 12.0 Å². The molecule has 2 aromatic carbocycles. The van der Waals surface area contributed by atoms with Crippen molar-refractivity contribution in [2.75, 3.05) is 6.61 Å². The van der Waals surface area contributed by atoms with Crippen LogP contribution >= 0.6 is 0 Å². The number of esters is 1. The lowest BCUT2D eigenvalue weighted by Gasteiger charge is -2.15. The van der Waals surface area contributed by atoms with E-state index in [-0.39, 0.29) is 28.6 Å². The molecule has 8 nitrogen and oxygen atoms in total. The van der Waals surface area contributed by atoms with Gasteiger partial charge in [-0.3, -0.25) is 14.0 Å². The third-order valence-electron chi connectivity index (χ3n) is 6.43. The molecular formula is C31H28N4O4. The van der Waals surface area contributed by atoms with Gasteiger partial charge in [-0.1, -0.05) is 53.6 Å². The van der Waals surface area contributed by atoms with Crippen LogP contribution < -0.4 is 11.0 Å². The summed E-state index contributed by atoms with van der Waals surface area (Å²) in [6.07, 6.45) is 2.19. The third kappa shape index (κ3) is 5.27. The highest BCUT2D eigenvalue weighted by Crippen LogP contribution is 2.14. The Balaban J connectivity index is 1.84. The van der Waals surface area contributed by atoms with Gasteiger partial charge in [-0.15, -0.1) is 0 Å². The number of aromatic nitrogens is 3. The molecule has 8 heteroatoms. The SMILES string of the molecule is CCOC(=O)c1cc2c(=O)n3ccccc3nc2n(CCc2ccccc2)c1=NC(=O)c1cc(C)cc(C)c1. The number of amides is 1. The van der Waals surface area contributed by atoms with Crippen molar-refractivity contribution in [3.05, 3.63) is 123 Å². The molecule has 0 aliphatic heterocycles. The second-order valence-electron chi connectivity index (χ2n) is 9.37. The van der Waals surface area contributed by atoms with Crippen LogP contribution in [0, 0.1) is 13.8 Å². The summed E-state index contributed by atoms with van der Waals surface area (Å²) in [7, 11) is 0. The summed E-state index contributed by atoms with van der Waals surface area (Å²) >= 11 is 0. The topological polar surface area (TPSA) is 95.0 Å². The van der Waals surface area contributed by atoms with Gasteiger partial charge in [-0.2, -0.15) is 4.99 Å². The Morgan fingerprint density at radius 3 is 2.38 bits per heavy atom. The lowest BCUT2D eigenvalue weighted by atomic mass is 10.1. The van der Waals surface area contributed by atoms with Gasteiger partial charge in [-0.05, 0) is 63.1 Å². The molecule has 0 fully saturated rings. The second-order valence-corrected chi connectivity index (χ2v) is 9.37. The van der Waals surface area contributed by atoms with E-state index in [9.17, 15) is 14.4 Å². The molecule has 0 bridgehead atoms. The van der Waals surface area contributed by atoms with Crippen LogP contribution in [-0.4, -0.2) is 32.4 Å². The van der Waals surface area contributed by atoms with Crippen molar-refractivity contribution in [3.8, 4) is 0 Å². The van der Waals surface area contributed by atoms with Crippen molar-refractivity contribution in [1.82, 2.24) is 14.0 Å². The van der Waals surface area contributed by atoms with E-state index >= 15 is 0 Å². The predicted octanol–water partition coefficient (Wildman–Crippen LogP) is 4.43. The molecule has 5 rings (SSSR count). The number of fused-ring (bicyclic) bond motifs is 2. The largest absolute Gasteiger partial charge is 0.462 e. The summed E-state index contributed by atoms with van der Waals surface area (Å²) in [5.41, 5.74) is 3.89. The van der Waals surface area contributed by atoms with E-state index in [1.165, 1.54) is 10.5 Å². The predicted molar refractivity (Wildman–Crippen MR) is 149 cm³/mol. The van der Waals surface area contributed by atoms with Gasteiger partial charge in [0, 0.05) is 18.3 Å². The Kier molecular flexibility index (Phi) is 7.19. The van der Waals surface area contributed by atoms with Crippen LogP contribution in [0.2, 0.25) is 0 Å². The Labute approximate surface area is 224 Å². The quantitative estimate of drug-likeness (QED) is 0.244. The first-order chi connectivity index (χ1) is 18.9. The van der Waals surface area contributed by atoms with Gasteiger partial charge in [0.25, 0.3) is 11.5 Å². The maximum Gasteiger partial charge on any atom is 0.341 e. The first kappa shape index (κ1) is 25.8. The van der Waals surface area contributed by atoms with Gasteiger partial charge >= 0.3 is 5.97 Å². The van der Waals surface area contributed by atoms with Crippen molar-refractivity contribution in [1.29, 1.82) is 0 Å². The smallest absolute Gasteiger partial charge is 0.341 e. The van der Waals surface area contributed by atoms with Crippen molar-refractivity contribution < 1.29 is 14.3 Å². The van der Waals surface area contributed by atoms with Crippen molar-refractivity contribution in [2.45, 2.75) is 33.7 Å². The van der Waals surface area contributed by atoms with E-state index in [2.05, 4.69) is 4.99 Å². The van der Waals surface area contributed by atoms with Crippen molar-refractivity contribution >= 4 is 28.6 Å². The molecule has 0 N–H and O–H groups in total. The molecule has 196 valence electrons. The summed E-state index contributed by atoms with van der Waals surface area (Å²) in [6, 6.07) is 22.0. The van der Waals surface area contributed by atoms with Crippen LogP contribution in [0.4, 0.5) is 0 Å². The van der Waals surface area contributed by atoms with Crippen LogP contribution in [0.5, 0.6) is 0 Å². The Bertz CT molecular complexity index is 1830. The zero-order valence-electron chi connectivity index (χ0n) is 22.0. The summed E-state index contributed by atoms with van der Waals surface area (Å²) in [5, 5.41) is 0.229. The monoisotopic (exact) mass is 520 g/mol. The normalized spacial score (nSPS) is 11.7. The maximum atomic E-state index is 13.5. The van der Waals surface area contributed by atoms with E-state index in [1.54, 1.807) is 48.0 Å². The van der Waals surface area contributed by atoms with Crippen LogP contribution in [0.15, 0.2) is 88.8 Å². The first-order valence-electron chi connectivity index (χ1n) is 12.8. The lowest BCUT2D eigenvalue weighted by molar-refractivity contribution is 0.0523. The summed E-state index contributed by atoms with van der Waals surface area (Å²) in [4.78, 5) is 49.4. The minimum Gasteiger partial charge on any atom is -0.462 e. The highest BCUT2D eigenvalue weighted by molar-refractivity contribution is 5.97. The minimum atomic E-state index is -0.669. The minimum absolute atomic E-state index is 0.0323. The molecule has 3 heterocycles. The fourth-order valence-corrected chi connectivity index (χ4v) is 4.71. The van der Waals surface area contributed by atoms with Gasteiger partial charge in [0.1, 0.15) is 16.9 Å². The summed E-state index contributed by atoms with van der Waals surface area (Å²) in [5.74, 6) is -1.17. The number of rotatable bonds is 6. The number of benzene rings is 2. The van der Waals surface area contributed by atoms with E-state index in [0.717, 1.165) is 16.7 Å². The lowest BCUT2D eigenvalue weighted by Crippen LogP contribution is -2.33. The second kappa shape index (κ2) is 10.9. The van der Waals surface area contributed by atoms with E-state index in [1.807, 2.05) is 50.2 Å². The van der Waals surface area contributed by atoms with Gasteiger partial charge in [0.15, 0.2) is 5.49 Å². The molecule has 0 spiro atoms. The van der Waals surface area contributed by atoms with Crippen molar-refractivity contribution in [2.24, 2.45) is 4.99 Å². The maximum absolute atomic E-state index is 13.5. The number of ether oxygens (including phenoxy) is 1. The third-order valence-corrected chi connectivity index (χ3v) is 6.43. The molecule has 0 unspecified atom stereocenters. The number of hydrogen-bond acceptors (Lipinski definition) is 5. The molecule has 0 aliphatic rings. The molecule has 0 saturated carbocycles. The fraction of sp³-hybridized carbons (Fsp3) is 0.194. The summed E-state index contributed by atoms with van der Waals surface area (Å²) < 4.78 is 8.45. The number of hydrogen-bond donors (Lipinski definition) is 0. The molecule has 39 heavy (non-hydrogen) atoms. The van der Waals surface area contributed by atoms with Crippen LogP contribution in [0.1, 0.15) is 44.3 Å². The van der Waals surface area contributed by atoms with Crippen LogP contribution in [0.3, 0.4) is 0 Å². The zero-order chi connectivity index (χ0) is 27.5. The van der Waals surface area contributed by atoms with Crippen molar-refractivity contribution in [3.63, 3.8) is 0 Å². The van der Waals surface area contributed by atoms with E-state index < -0.39 is 11.9 Å². The molecule has 0 saturated heterocycles.